The van der Waals surface area contributed by atoms with Crippen LogP contribution in [0, 0.1) is 10.1 Å². The van der Waals surface area contributed by atoms with E-state index in [-0.39, 0.29) is 42.5 Å². The smallest absolute Gasteiger partial charge is 0.292 e. The monoisotopic (exact) mass is 390 g/mol. The Labute approximate surface area is 164 Å². The van der Waals surface area contributed by atoms with Gasteiger partial charge in [-0.05, 0) is 11.6 Å². The summed E-state index contributed by atoms with van der Waals surface area (Å²) in [4.78, 5) is 26.8. The number of nitro benzene ring substituents is 1. The molecule has 2 aromatic rings. The van der Waals surface area contributed by atoms with Crippen molar-refractivity contribution >= 4 is 29.7 Å². The minimum atomic E-state index is -0.437. The number of nitro groups is 1. The third-order valence-corrected chi connectivity index (χ3v) is 4.81. The molecule has 0 aliphatic carbocycles. The van der Waals surface area contributed by atoms with Gasteiger partial charge in [0.25, 0.3) is 5.69 Å². The Bertz CT molecular complexity index is 803. The number of benzene rings is 2. The first-order valence-electron chi connectivity index (χ1n) is 8.50. The van der Waals surface area contributed by atoms with Crippen LogP contribution in [0.2, 0.25) is 0 Å². The maximum Gasteiger partial charge on any atom is 0.292 e. The highest BCUT2D eigenvalue weighted by molar-refractivity contribution is 5.85. The first kappa shape index (κ1) is 20.7. The highest BCUT2D eigenvalue weighted by Crippen LogP contribution is 2.28. The summed E-state index contributed by atoms with van der Waals surface area (Å²) in [6.45, 7) is 1.12. The van der Waals surface area contributed by atoms with Crippen LogP contribution < -0.4 is 10.6 Å². The van der Waals surface area contributed by atoms with E-state index >= 15 is 0 Å². The molecule has 1 fully saturated rings. The van der Waals surface area contributed by atoms with Gasteiger partial charge in [0, 0.05) is 38.2 Å². The number of anilines is 1. The summed E-state index contributed by atoms with van der Waals surface area (Å²) in [5, 5.41) is 11.2. The van der Waals surface area contributed by atoms with Crippen molar-refractivity contribution in [3.05, 3.63) is 70.3 Å². The van der Waals surface area contributed by atoms with E-state index in [4.69, 9.17) is 5.73 Å². The zero-order chi connectivity index (χ0) is 18.7. The van der Waals surface area contributed by atoms with E-state index in [0.29, 0.717) is 18.8 Å². The zero-order valence-corrected chi connectivity index (χ0v) is 15.8. The Morgan fingerprint density at radius 1 is 1.19 bits per heavy atom. The summed E-state index contributed by atoms with van der Waals surface area (Å²) in [5.41, 5.74) is 7.79. The van der Waals surface area contributed by atoms with Crippen molar-refractivity contribution in [2.24, 2.45) is 5.73 Å². The van der Waals surface area contributed by atoms with E-state index in [1.165, 1.54) is 6.07 Å². The molecule has 2 aromatic carbocycles. The van der Waals surface area contributed by atoms with Crippen molar-refractivity contribution < 1.29 is 9.72 Å². The van der Waals surface area contributed by atoms with Crippen LogP contribution in [0.1, 0.15) is 11.5 Å². The second-order valence-electron chi connectivity index (χ2n) is 6.58. The molecule has 144 valence electrons. The van der Waals surface area contributed by atoms with E-state index < -0.39 is 4.92 Å². The molecule has 7 nitrogen and oxygen atoms in total. The van der Waals surface area contributed by atoms with Crippen molar-refractivity contribution in [2.75, 3.05) is 31.6 Å². The average molecular weight is 391 g/mol. The van der Waals surface area contributed by atoms with Gasteiger partial charge >= 0.3 is 0 Å². The molecule has 27 heavy (non-hydrogen) atoms. The van der Waals surface area contributed by atoms with Crippen molar-refractivity contribution in [1.29, 1.82) is 0 Å². The van der Waals surface area contributed by atoms with Crippen LogP contribution in [-0.4, -0.2) is 48.5 Å². The van der Waals surface area contributed by atoms with Crippen molar-refractivity contribution in [2.45, 2.75) is 12.0 Å². The van der Waals surface area contributed by atoms with Gasteiger partial charge in [-0.1, -0.05) is 42.5 Å². The molecule has 2 N–H and O–H groups in total. The van der Waals surface area contributed by atoms with E-state index in [0.717, 1.165) is 5.56 Å². The number of halogens is 1. The van der Waals surface area contributed by atoms with Crippen LogP contribution in [-0.2, 0) is 4.79 Å². The minimum absolute atomic E-state index is 0. The van der Waals surface area contributed by atoms with E-state index in [9.17, 15) is 14.9 Å². The largest absolute Gasteiger partial charge is 0.360 e. The first-order valence-corrected chi connectivity index (χ1v) is 8.50. The molecule has 3 rings (SSSR count). The van der Waals surface area contributed by atoms with Gasteiger partial charge in [0.2, 0.25) is 5.91 Å². The quantitative estimate of drug-likeness (QED) is 0.625. The number of amides is 1. The minimum Gasteiger partial charge on any atom is -0.360 e. The molecule has 0 bridgehead atoms. The normalized spacial score (nSPS) is 18.7. The molecule has 1 saturated heterocycles. The standard InChI is InChI=1S/C19H22N4O3.ClH/c1-21(17-9-5-6-10-18(17)23(25)26)13-19(24)22-11-15(16(20)12-22)14-7-3-2-4-8-14;/h2-10,15-16H,11-13,20H2,1H3;1H/t15-,16+;/m0./s1. The fourth-order valence-corrected chi connectivity index (χ4v) is 3.41. The molecular weight excluding hydrogens is 368 g/mol. The van der Waals surface area contributed by atoms with Crippen LogP contribution >= 0.6 is 12.4 Å². The Morgan fingerprint density at radius 2 is 1.81 bits per heavy atom. The van der Waals surface area contributed by atoms with Gasteiger partial charge in [0.1, 0.15) is 5.69 Å². The third kappa shape index (κ3) is 4.56. The second-order valence-corrected chi connectivity index (χ2v) is 6.58. The molecule has 2 atom stereocenters. The fourth-order valence-electron chi connectivity index (χ4n) is 3.41. The SMILES string of the molecule is CN(CC(=O)N1C[C@@H](N)[C@H](c2ccccc2)C1)c1ccccc1[N+](=O)[O-].Cl. The lowest BCUT2D eigenvalue weighted by molar-refractivity contribution is -0.384. The summed E-state index contributed by atoms with van der Waals surface area (Å²) in [7, 11) is 1.69. The summed E-state index contributed by atoms with van der Waals surface area (Å²) in [5.74, 6) is 0.0241. The predicted octanol–water partition coefficient (Wildman–Crippen LogP) is 2.41. The number of carbonyl (C=O) groups excluding carboxylic acids is 1. The molecule has 8 heteroatoms. The first-order chi connectivity index (χ1) is 12.5. The lowest BCUT2D eigenvalue weighted by Crippen LogP contribution is -2.39. The number of likely N-dealkylation sites (tertiary alicyclic amines) is 1. The van der Waals surface area contributed by atoms with Crippen molar-refractivity contribution in [1.82, 2.24) is 4.90 Å². The lowest BCUT2D eigenvalue weighted by Gasteiger charge is -2.23. The van der Waals surface area contributed by atoms with Gasteiger partial charge < -0.3 is 15.5 Å². The van der Waals surface area contributed by atoms with Crippen LogP contribution in [0.15, 0.2) is 54.6 Å². The number of likely N-dealkylation sites (N-methyl/N-ethyl adjacent to an activating group) is 1. The highest BCUT2D eigenvalue weighted by atomic mass is 35.5. The van der Waals surface area contributed by atoms with Crippen molar-refractivity contribution in [3.63, 3.8) is 0 Å². The van der Waals surface area contributed by atoms with Gasteiger partial charge in [0.05, 0.1) is 11.5 Å². The molecule has 1 heterocycles. The summed E-state index contributed by atoms with van der Waals surface area (Å²) >= 11 is 0. The van der Waals surface area contributed by atoms with E-state index in [1.807, 2.05) is 30.3 Å². The third-order valence-electron chi connectivity index (χ3n) is 4.81. The summed E-state index contributed by atoms with van der Waals surface area (Å²) in [6.07, 6.45) is 0. The van der Waals surface area contributed by atoms with E-state index in [1.54, 1.807) is 35.0 Å². The maximum absolute atomic E-state index is 12.7. The lowest BCUT2D eigenvalue weighted by atomic mass is 9.95. The van der Waals surface area contributed by atoms with Gasteiger partial charge in [-0.15, -0.1) is 12.4 Å². The fraction of sp³-hybridized carbons (Fsp3) is 0.316. The number of nitrogens with two attached hydrogens (primary N) is 1. The molecule has 0 radical (unpaired) electrons. The van der Waals surface area contributed by atoms with Gasteiger partial charge in [-0.25, -0.2) is 0 Å². The van der Waals surface area contributed by atoms with Gasteiger partial charge in [-0.2, -0.15) is 0 Å². The average Bonchev–Trinajstić information content (AvgIpc) is 3.04. The topological polar surface area (TPSA) is 92.7 Å². The number of para-hydroxylation sites is 2. The predicted molar refractivity (Wildman–Crippen MR) is 107 cm³/mol. The Morgan fingerprint density at radius 3 is 2.48 bits per heavy atom. The summed E-state index contributed by atoms with van der Waals surface area (Å²) in [6, 6.07) is 16.2. The molecule has 1 aliphatic rings. The number of rotatable bonds is 5. The van der Waals surface area contributed by atoms with Crippen molar-refractivity contribution in [3.8, 4) is 0 Å². The van der Waals surface area contributed by atoms with Gasteiger partial charge in [-0.3, -0.25) is 14.9 Å². The highest BCUT2D eigenvalue weighted by Gasteiger charge is 2.34. The van der Waals surface area contributed by atoms with Crippen LogP contribution in [0.3, 0.4) is 0 Å². The van der Waals surface area contributed by atoms with Crippen LogP contribution in [0.25, 0.3) is 0 Å². The number of hydrogen-bond acceptors (Lipinski definition) is 5. The number of nitrogens with zero attached hydrogens (tertiary/aromatic N) is 3. The molecule has 1 amide bonds. The molecule has 0 saturated carbocycles. The number of carbonyl (C=O) groups is 1. The maximum atomic E-state index is 12.7. The summed E-state index contributed by atoms with van der Waals surface area (Å²) < 4.78 is 0. The van der Waals surface area contributed by atoms with E-state index in [2.05, 4.69) is 0 Å². The zero-order valence-electron chi connectivity index (χ0n) is 15.0. The molecule has 0 aromatic heterocycles. The van der Waals surface area contributed by atoms with Crippen LogP contribution in [0.4, 0.5) is 11.4 Å². The Hall–Kier alpha value is -2.64. The van der Waals surface area contributed by atoms with Crippen LogP contribution in [0.5, 0.6) is 0 Å². The second kappa shape index (κ2) is 8.83. The Kier molecular flexibility index (Phi) is 6.76. The molecule has 0 spiro atoms. The molecule has 1 aliphatic heterocycles. The Balaban J connectivity index is 0.00000261. The molecular formula is C19H23ClN4O3. The number of hydrogen-bond donors (Lipinski definition) is 1. The van der Waals surface area contributed by atoms with Gasteiger partial charge in [0.15, 0.2) is 0 Å². The molecule has 0 unspecified atom stereocenters.